The molecule has 246 valence electrons. The number of rotatable bonds is 17. The lowest BCUT2D eigenvalue weighted by Gasteiger charge is -2.22. The van der Waals surface area contributed by atoms with Crippen molar-refractivity contribution >= 4 is 35.4 Å². The van der Waals surface area contributed by atoms with E-state index in [1.807, 2.05) is 27.7 Å². The molecule has 1 aromatic heterocycles. The van der Waals surface area contributed by atoms with Crippen LogP contribution in [0.15, 0.2) is 10.6 Å². The molecule has 0 aromatic carbocycles. The quantitative estimate of drug-likeness (QED) is 0.145. The van der Waals surface area contributed by atoms with Gasteiger partial charge < -0.3 is 35.3 Å². The summed E-state index contributed by atoms with van der Waals surface area (Å²) in [5.41, 5.74) is -1.45. The van der Waals surface area contributed by atoms with Crippen molar-refractivity contribution < 1.29 is 42.8 Å². The highest BCUT2D eigenvalue weighted by atomic mass is 16.6. The molecule has 0 bridgehead atoms. The van der Waals surface area contributed by atoms with Crippen LogP contribution in [0, 0.1) is 11.8 Å². The smallest absolute Gasteiger partial charge is 0.377 e. The van der Waals surface area contributed by atoms with E-state index in [1.54, 1.807) is 27.7 Å². The minimum atomic E-state index is -0.962. The second-order valence-corrected chi connectivity index (χ2v) is 13.1. The zero-order chi connectivity index (χ0) is 33.2. The first kappa shape index (κ1) is 36.4. The monoisotopic (exact) mass is 621 g/mol. The Morgan fingerprint density at radius 1 is 0.909 bits per heavy atom. The number of Topliss-reactive ketones (excluding diaryl/α,β-unsaturated/α-hetero) is 1. The van der Waals surface area contributed by atoms with Crippen molar-refractivity contribution in [3.8, 4) is 0 Å². The third kappa shape index (κ3) is 12.8. The number of carbonyl (C=O) groups is 6. The molecule has 44 heavy (non-hydrogen) atoms. The van der Waals surface area contributed by atoms with Crippen molar-refractivity contribution in [1.29, 1.82) is 0 Å². The summed E-state index contributed by atoms with van der Waals surface area (Å²) in [5, 5.41) is 13.9. The van der Waals surface area contributed by atoms with Gasteiger partial charge in [-0.3, -0.25) is 24.0 Å². The fourth-order valence-corrected chi connectivity index (χ4v) is 4.10. The largest absolute Gasteiger partial charge is 0.454 e. The van der Waals surface area contributed by atoms with Crippen molar-refractivity contribution in [2.45, 2.75) is 104 Å². The summed E-state index contributed by atoms with van der Waals surface area (Å²) in [7, 11) is 0. The van der Waals surface area contributed by atoms with Gasteiger partial charge in [-0.05, 0) is 58.8 Å². The third-order valence-corrected chi connectivity index (χ3v) is 6.51. The highest BCUT2D eigenvalue weighted by molar-refractivity contribution is 5.97. The van der Waals surface area contributed by atoms with E-state index in [1.165, 1.54) is 6.07 Å². The van der Waals surface area contributed by atoms with Crippen molar-refractivity contribution in [2.24, 2.45) is 11.8 Å². The Labute approximate surface area is 258 Å². The Balaban J connectivity index is 1.85. The van der Waals surface area contributed by atoms with Crippen molar-refractivity contribution in [1.82, 2.24) is 26.4 Å². The molecule has 0 radical (unpaired) electrons. The standard InChI is InChI=1S/C30H47N5O9/c1-17(2)9-10-20(26(39)30(8)16-42-30)33-25(38)15-32-27(40)21(11-18(3)4)34-24(37)14-31-23(36)13-19-12-22(44-35-19)28(41)43-29(5,6)7/h12,17-18,20-21H,9-11,13-16H2,1-8H3,(H,31,36)(H,32,40)(H,33,38)(H,34,37). The summed E-state index contributed by atoms with van der Waals surface area (Å²) in [6.07, 6.45) is 1.21. The van der Waals surface area contributed by atoms with Crippen LogP contribution in [0.5, 0.6) is 0 Å². The lowest BCUT2D eigenvalue weighted by molar-refractivity contribution is -0.132. The number of hydrogen-bond acceptors (Lipinski definition) is 10. The molecule has 1 aliphatic heterocycles. The minimum absolute atomic E-state index is 0.0260. The van der Waals surface area contributed by atoms with Crippen LogP contribution in [-0.2, 0) is 39.9 Å². The molecule has 0 spiro atoms. The molecule has 14 heteroatoms. The molecule has 3 atom stereocenters. The summed E-state index contributed by atoms with van der Waals surface area (Å²) >= 11 is 0. The van der Waals surface area contributed by atoms with Crippen LogP contribution >= 0.6 is 0 Å². The summed E-state index contributed by atoms with van der Waals surface area (Å²) in [5.74, 6) is -2.99. The zero-order valence-electron chi connectivity index (χ0n) is 27.0. The van der Waals surface area contributed by atoms with Gasteiger partial charge in [0.05, 0.1) is 37.9 Å². The third-order valence-electron chi connectivity index (χ3n) is 6.51. The SMILES string of the molecule is CC(C)CCC(NC(=O)CNC(=O)C(CC(C)C)NC(=O)CNC(=O)Cc1cc(C(=O)OC(C)(C)C)on1)C(=O)C1(C)CO1. The van der Waals surface area contributed by atoms with Gasteiger partial charge in [-0.1, -0.05) is 32.9 Å². The number of esters is 1. The van der Waals surface area contributed by atoms with Crippen LogP contribution < -0.4 is 21.3 Å². The predicted octanol–water partition coefficient (Wildman–Crippen LogP) is 1.21. The number of amides is 4. The highest BCUT2D eigenvalue weighted by Crippen LogP contribution is 2.29. The van der Waals surface area contributed by atoms with Crippen molar-refractivity contribution in [3.63, 3.8) is 0 Å². The molecule has 1 aliphatic rings. The first-order valence-corrected chi connectivity index (χ1v) is 14.9. The van der Waals surface area contributed by atoms with Gasteiger partial charge in [0.15, 0.2) is 5.78 Å². The van der Waals surface area contributed by atoms with Gasteiger partial charge in [-0.25, -0.2) is 4.79 Å². The topological polar surface area (TPSA) is 198 Å². The lowest BCUT2D eigenvalue weighted by atomic mass is 9.94. The molecule has 14 nitrogen and oxygen atoms in total. The van der Waals surface area contributed by atoms with Crippen LogP contribution in [-0.4, -0.2) is 83.5 Å². The molecule has 0 saturated carbocycles. The van der Waals surface area contributed by atoms with Crippen molar-refractivity contribution in [2.75, 3.05) is 19.7 Å². The Hall–Kier alpha value is -3.81. The van der Waals surface area contributed by atoms with Gasteiger partial charge in [-0.2, -0.15) is 0 Å². The predicted molar refractivity (Wildman–Crippen MR) is 158 cm³/mol. The molecule has 4 N–H and O–H groups in total. The average Bonchev–Trinajstić information content (AvgIpc) is 3.48. The van der Waals surface area contributed by atoms with Crippen molar-refractivity contribution in [3.05, 3.63) is 17.5 Å². The number of hydrogen-bond donors (Lipinski definition) is 4. The first-order valence-electron chi connectivity index (χ1n) is 14.9. The van der Waals surface area contributed by atoms with Gasteiger partial charge in [0.1, 0.15) is 17.2 Å². The number of ketones is 1. The number of epoxide rings is 1. The number of carbonyl (C=O) groups excluding carboxylic acids is 6. The maximum atomic E-state index is 12.9. The van der Waals surface area contributed by atoms with Crippen LogP contribution in [0.4, 0.5) is 0 Å². The molecular weight excluding hydrogens is 574 g/mol. The summed E-state index contributed by atoms with van der Waals surface area (Å²) in [6.45, 7) is 14.1. The number of ether oxygens (including phenoxy) is 2. The second-order valence-electron chi connectivity index (χ2n) is 13.1. The van der Waals surface area contributed by atoms with Gasteiger partial charge in [0.2, 0.25) is 29.4 Å². The molecular formula is C30H47N5O9. The van der Waals surface area contributed by atoms with Gasteiger partial charge >= 0.3 is 5.97 Å². The van der Waals surface area contributed by atoms with E-state index < -0.39 is 59.4 Å². The summed E-state index contributed by atoms with van der Waals surface area (Å²) < 4.78 is 15.4. The van der Waals surface area contributed by atoms with Gasteiger partial charge in [-0.15, -0.1) is 0 Å². The molecule has 0 aliphatic carbocycles. The number of nitrogens with one attached hydrogen (secondary N) is 4. The lowest BCUT2D eigenvalue weighted by Crippen LogP contribution is -2.53. The maximum absolute atomic E-state index is 12.9. The second kappa shape index (κ2) is 15.8. The minimum Gasteiger partial charge on any atom is -0.454 e. The molecule has 1 saturated heterocycles. The number of nitrogens with zero attached hydrogens (tertiary/aromatic N) is 1. The fourth-order valence-electron chi connectivity index (χ4n) is 4.10. The van der Waals surface area contributed by atoms with Crippen LogP contribution in [0.2, 0.25) is 0 Å². The Morgan fingerprint density at radius 3 is 2.05 bits per heavy atom. The van der Waals surface area contributed by atoms with E-state index in [2.05, 4.69) is 26.4 Å². The van der Waals surface area contributed by atoms with E-state index in [0.29, 0.717) is 18.9 Å². The van der Waals surface area contributed by atoms with Gasteiger partial charge in [0, 0.05) is 6.07 Å². The highest BCUT2D eigenvalue weighted by Gasteiger charge is 2.49. The molecule has 4 amide bonds. The van der Waals surface area contributed by atoms with E-state index in [9.17, 15) is 28.8 Å². The van der Waals surface area contributed by atoms with Gasteiger partial charge in [0.25, 0.3) is 0 Å². The Kier molecular flexibility index (Phi) is 13.0. The number of aromatic nitrogens is 1. The van der Waals surface area contributed by atoms with Crippen LogP contribution in [0.1, 0.15) is 90.9 Å². The van der Waals surface area contributed by atoms with E-state index in [4.69, 9.17) is 14.0 Å². The molecule has 2 rings (SSSR count). The fraction of sp³-hybridized carbons (Fsp3) is 0.700. The Bertz CT molecular complexity index is 1200. The van der Waals surface area contributed by atoms with Crippen LogP contribution in [0.3, 0.4) is 0 Å². The average molecular weight is 622 g/mol. The van der Waals surface area contributed by atoms with Crippen LogP contribution in [0.25, 0.3) is 0 Å². The molecule has 1 fully saturated rings. The van der Waals surface area contributed by atoms with E-state index >= 15 is 0 Å². The molecule has 3 unspecified atom stereocenters. The summed E-state index contributed by atoms with van der Waals surface area (Å²) in [4.78, 5) is 75.4. The normalized spacial score (nSPS) is 17.4. The molecule has 2 heterocycles. The first-order chi connectivity index (χ1) is 20.4. The van der Waals surface area contributed by atoms with E-state index in [0.717, 1.165) is 6.42 Å². The summed E-state index contributed by atoms with van der Waals surface area (Å²) in [6, 6.07) is -0.406. The zero-order valence-corrected chi connectivity index (χ0v) is 27.0. The van der Waals surface area contributed by atoms with E-state index in [-0.39, 0.29) is 42.5 Å². The Morgan fingerprint density at radius 2 is 1.50 bits per heavy atom. The molecule has 1 aromatic rings. The maximum Gasteiger partial charge on any atom is 0.377 e.